The van der Waals surface area contributed by atoms with Gasteiger partial charge in [-0.15, -0.1) is 11.8 Å². The largest absolute Gasteiger partial charge is 0.486 e. The number of fused-ring (bicyclic) bond motifs is 2. The van der Waals surface area contributed by atoms with Gasteiger partial charge in [-0.2, -0.15) is 0 Å². The molecule has 0 aromatic heterocycles. The molecule has 4 rings (SSSR count). The summed E-state index contributed by atoms with van der Waals surface area (Å²) < 4.78 is 11.3. The molecule has 0 radical (unpaired) electrons. The number of thioether (sulfide) groups is 1. The average molecular weight is 391 g/mol. The monoisotopic (exact) mass is 390 g/mol. The van der Waals surface area contributed by atoms with Crippen molar-refractivity contribution in [3.05, 3.63) is 23.8 Å². The molecule has 0 unspecified atom stereocenters. The molecule has 7 heteroatoms. The highest BCUT2D eigenvalue weighted by Crippen LogP contribution is 2.47. The second kappa shape index (κ2) is 6.93. The van der Waals surface area contributed by atoms with Crippen LogP contribution in [0.2, 0.25) is 0 Å². The standard InChI is InChI=1S/C20H26N2O4S/c1-12(2)18(13-4-5-15-16(10-13)26-9-8-25-15)21-19(24)14-11-27-20(3)7-6-17(23)22(14)20/h4-5,10,12,14,18H,6-9,11H2,1-3H3,(H,21,24)/t14-,18+,20-/m1/s1. The number of nitrogens with one attached hydrogen (secondary N) is 1. The number of hydrogen-bond acceptors (Lipinski definition) is 5. The predicted octanol–water partition coefficient (Wildman–Crippen LogP) is 2.73. The highest BCUT2D eigenvalue weighted by Gasteiger charge is 2.53. The molecule has 0 spiro atoms. The molecule has 0 bridgehead atoms. The van der Waals surface area contributed by atoms with Gasteiger partial charge >= 0.3 is 0 Å². The maximum Gasteiger partial charge on any atom is 0.244 e. The molecule has 27 heavy (non-hydrogen) atoms. The lowest BCUT2D eigenvalue weighted by molar-refractivity contribution is -0.138. The molecule has 3 atom stereocenters. The Bertz CT molecular complexity index is 768. The van der Waals surface area contributed by atoms with Gasteiger partial charge in [-0.1, -0.05) is 19.9 Å². The van der Waals surface area contributed by atoms with Crippen LogP contribution in [-0.2, 0) is 9.59 Å². The van der Waals surface area contributed by atoms with Crippen LogP contribution in [0, 0.1) is 5.92 Å². The summed E-state index contributed by atoms with van der Waals surface area (Å²) in [6.07, 6.45) is 1.35. The van der Waals surface area contributed by atoms with Gasteiger partial charge in [0.1, 0.15) is 19.3 Å². The van der Waals surface area contributed by atoms with E-state index in [-0.39, 0.29) is 28.6 Å². The van der Waals surface area contributed by atoms with Gasteiger partial charge in [-0.25, -0.2) is 0 Å². The van der Waals surface area contributed by atoms with Crippen molar-refractivity contribution in [2.24, 2.45) is 5.92 Å². The molecule has 2 amide bonds. The van der Waals surface area contributed by atoms with Crippen LogP contribution >= 0.6 is 11.8 Å². The van der Waals surface area contributed by atoms with E-state index < -0.39 is 6.04 Å². The number of carbonyl (C=O) groups excluding carboxylic acids is 2. The summed E-state index contributed by atoms with van der Waals surface area (Å²) >= 11 is 1.71. The predicted molar refractivity (Wildman–Crippen MR) is 104 cm³/mol. The van der Waals surface area contributed by atoms with Crippen molar-refractivity contribution in [2.45, 2.75) is 50.6 Å². The van der Waals surface area contributed by atoms with Crippen molar-refractivity contribution in [1.29, 1.82) is 0 Å². The molecule has 0 saturated carbocycles. The van der Waals surface area contributed by atoms with Crippen molar-refractivity contribution in [3.8, 4) is 11.5 Å². The van der Waals surface area contributed by atoms with E-state index in [0.717, 1.165) is 23.5 Å². The molecule has 0 aliphatic carbocycles. The zero-order chi connectivity index (χ0) is 19.2. The number of ether oxygens (including phenoxy) is 2. The lowest BCUT2D eigenvalue weighted by Crippen LogP contribution is -2.51. The molecule has 2 fully saturated rings. The Kier molecular flexibility index (Phi) is 4.74. The lowest BCUT2D eigenvalue weighted by Gasteiger charge is -2.32. The minimum absolute atomic E-state index is 0.0740. The Hall–Kier alpha value is -1.89. The van der Waals surface area contributed by atoms with Gasteiger partial charge < -0.3 is 19.7 Å². The van der Waals surface area contributed by atoms with Gasteiger partial charge in [0.2, 0.25) is 11.8 Å². The zero-order valence-corrected chi connectivity index (χ0v) is 16.8. The van der Waals surface area contributed by atoms with Crippen LogP contribution in [0.25, 0.3) is 0 Å². The van der Waals surface area contributed by atoms with E-state index in [1.807, 2.05) is 18.2 Å². The van der Waals surface area contributed by atoms with E-state index in [0.29, 0.717) is 25.4 Å². The molecular formula is C20H26N2O4S. The molecular weight excluding hydrogens is 364 g/mol. The summed E-state index contributed by atoms with van der Waals surface area (Å²) in [5.74, 6) is 2.33. The number of amides is 2. The van der Waals surface area contributed by atoms with Gasteiger partial charge in [0, 0.05) is 12.2 Å². The first-order valence-electron chi connectivity index (χ1n) is 9.55. The van der Waals surface area contributed by atoms with Crippen LogP contribution in [0.15, 0.2) is 18.2 Å². The first-order chi connectivity index (χ1) is 12.9. The van der Waals surface area contributed by atoms with Gasteiger partial charge in [0.25, 0.3) is 0 Å². The summed E-state index contributed by atoms with van der Waals surface area (Å²) in [7, 11) is 0. The molecule has 6 nitrogen and oxygen atoms in total. The van der Waals surface area contributed by atoms with Crippen LogP contribution in [0.4, 0.5) is 0 Å². The van der Waals surface area contributed by atoms with Crippen molar-refractivity contribution in [2.75, 3.05) is 19.0 Å². The van der Waals surface area contributed by atoms with Crippen LogP contribution < -0.4 is 14.8 Å². The normalized spacial score (nSPS) is 27.6. The number of hydrogen-bond donors (Lipinski definition) is 1. The van der Waals surface area contributed by atoms with Crippen LogP contribution in [-0.4, -0.2) is 46.6 Å². The summed E-state index contributed by atoms with van der Waals surface area (Å²) in [4.78, 5) is 27.0. The van der Waals surface area contributed by atoms with Gasteiger partial charge in [-0.3, -0.25) is 9.59 Å². The first kappa shape index (κ1) is 18.5. The molecule has 3 aliphatic heterocycles. The number of benzene rings is 1. The Balaban J connectivity index is 1.54. The highest BCUT2D eigenvalue weighted by molar-refractivity contribution is 8.01. The third-order valence-corrected chi connectivity index (χ3v) is 7.14. The second-order valence-corrected chi connectivity index (χ2v) is 9.40. The number of carbonyl (C=O) groups is 2. The van der Waals surface area contributed by atoms with E-state index in [1.54, 1.807) is 16.7 Å². The first-order valence-corrected chi connectivity index (χ1v) is 10.5. The Morgan fingerprint density at radius 1 is 1.30 bits per heavy atom. The van der Waals surface area contributed by atoms with E-state index in [9.17, 15) is 9.59 Å². The maximum absolute atomic E-state index is 13.1. The molecule has 146 valence electrons. The van der Waals surface area contributed by atoms with E-state index in [1.165, 1.54) is 0 Å². The zero-order valence-electron chi connectivity index (χ0n) is 16.0. The quantitative estimate of drug-likeness (QED) is 0.856. The van der Waals surface area contributed by atoms with Gasteiger partial charge in [-0.05, 0) is 37.0 Å². The number of rotatable bonds is 4. The van der Waals surface area contributed by atoms with E-state index in [2.05, 4.69) is 26.1 Å². The van der Waals surface area contributed by atoms with Gasteiger partial charge in [0.05, 0.1) is 10.9 Å². The van der Waals surface area contributed by atoms with Crippen molar-refractivity contribution < 1.29 is 19.1 Å². The summed E-state index contributed by atoms with van der Waals surface area (Å²) in [6, 6.07) is 5.29. The summed E-state index contributed by atoms with van der Waals surface area (Å²) in [5, 5.41) is 3.19. The second-order valence-electron chi connectivity index (χ2n) is 7.90. The van der Waals surface area contributed by atoms with Crippen molar-refractivity contribution in [1.82, 2.24) is 10.2 Å². The fourth-order valence-electron chi connectivity index (χ4n) is 4.15. The molecule has 1 N–H and O–H groups in total. The van der Waals surface area contributed by atoms with Crippen molar-refractivity contribution >= 4 is 23.6 Å². The Labute approximate surface area is 164 Å². The molecule has 3 aliphatic rings. The molecule has 3 heterocycles. The van der Waals surface area contributed by atoms with Crippen LogP contribution in [0.1, 0.15) is 45.2 Å². The topological polar surface area (TPSA) is 67.9 Å². The van der Waals surface area contributed by atoms with Gasteiger partial charge in [0.15, 0.2) is 11.5 Å². The minimum atomic E-state index is -0.395. The van der Waals surface area contributed by atoms with Crippen LogP contribution in [0.3, 0.4) is 0 Å². The number of nitrogens with zero attached hydrogens (tertiary/aromatic N) is 1. The average Bonchev–Trinajstić information content (AvgIpc) is 3.15. The fourth-order valence-corrected chi connectivity index (χ4v) is 5.58. The molecule has 1 aromatic rings. The van der Waals surface area contributed by atoms with Crippen molar-refractivity contribution in [3.63, 3.8) is 0 Å². The Morgan fingerprint density at radius 2 is 2.04 bits per heavy atom. The molecule has 1 aromatic carbocycles. The minimum Gasteiger partial charge on any atom is -0.486 e. The van der Waals surface area contributed by atoms with E-state index in [4.69, 9.17) is 9.47 Å². The lowest BCUT2D eigenvalue weighted by atomic mass is 9.95. The maximum atomic E-state index is 13.1. The molecule has 2 saturated heterocycles. The highest BCUT2D eigenvalue weighted by atomic mass is 32.2. The smallest absolute Gasteiger partial charge is 0.244 e. The summed E-state index contributed by atoms with van der Waals surface area (Å²) in [6.45, 7) is 7.31. The summed E-state index contributed by atoms with van der Waals surface area (Å²) in [5.41, 5.74) is 0.990. The Morgan fingerprint density at radius 3 is 2.78 bits per heavy atom. The van der Waals surface area contributed by atoms with Crippen LogP contribution in [0.5, 0.6) is 11.5 Å². The SMILES string of the molecule is CC(C)[C@H](NC(=O)[C@H]1CS[C@]2(C)CCC(=O)N12)c1ccc2c(c1)OCCO2. The van der Waals surface area contributed by atoms with E-state index >= 15 is 0 Å². The third kappa shape index (κ3) is 3.26. The third-order valence-electron chi connectivity index (χ3n) is 5.64. The fraction of sp³-hybridized carbons (Fsp3) is 0.600.